The van der Waals surface area contributed by atoms with Crippen LogP contribution in [0.15, 0.2) is 11.4 Å². The van der Waals surface area contributed by atoms with Gasteiger partial charge in [0.1, 0.15) is 12.4 Å². The largest absolute Gasteiger partial charge is 0.472 e. The Bertz CT molecular complexity index is 444. The Morgan fingerprint density at radius 2 is 2.44 bits per heavy atom. The molecule has 0 N–H and O–H groups in total. The molecule has 0 unspecified atom stereocenters. The van der Waals surface area contributed by atoms with Crippen LogP contribution in [-0.4, -0.2) is 44.0 Å². The second kappa shape index (κ2) is 5.72. The molecule has 0 atom stereocenters. The van der Waals surface area contributed by atoms with Crippen LogP contribution in [0.3, 0.4) is 0 Å². The van der Waals surface area contributed by atoms with E-state index in [4.69, 9.17) is 9.47 Å². The van der Waals surface area contributed by atoms with Gasteiger partial charge in [0, 0.05) is 0 Å². The highest BCUT2D eigenvalue weighted by atomic mass is 32.1. The third-order valence-electron chi connectivity index (χ3n) is 2.46. The Morgan fingerprint density at radius 3 is 3.11 bits per heavy atom. The number of cyclic esters (lactones) is 1. The van der Waals surface area contributed by atoms with E-state index in [1.807, 2.05) is 5.38 Å². The summed E-state index contributed by atoms with van der Waals surface area (Å²) in [5.41, 5.74) is 0. The first-order valence-electron chi connectivity index (χ1n) is 5.38. The van der Waals surface area contributed by atoms with E-state index in [0.29, 0.717) is 18.9 Å². The van der Waals surface area contributed by atoms with Gasteiger partial charge in [-0.3, -0.25) is 9.69 Å². The summed E-state index contributed by atoms with van der Waals surface area (Å²) in [5.74, 6) is 0.285. The molecule has 98 valence electrons. The van der Waals surface area contributed by atoms with Crippen molar-refractivity contribution in [2.24, 2.45) is 0 Å². The molecule has 0 saturated carbocycles. The summed E-state index contributed by atoms with van der Waals surface area (Å²) in [5, 5.41) is 1.83. The molecular formula is C11H13NO5S. The molecule has 0 radical (unpaired) electrons. The second-order valence-electron chi connectivity index (χ2n) is 3.61. The number of methoxy groups -OCH3 is 1. The highest BCUT2D eigenvalue weighted by Gasteiger charge is 2.22. The zero-order valence-corrected chi connectivity index (χ0v) is 10.7. The molecule has 1 aromatic rings. The van der Waals surface area contributed by atoms with Gasteiger partial charge in [0.25, 0.3) is 0 Å². The number of esters is 1. The number of rotatable bonds is 5. The number of amides is 1. The molecule has 1 fully saturated rings. The average Bonchev–Trinajstić information content (AvgIpc) is 2.96. The number of carbonyl (C=O) groups excluding carboxylic acids is 2. The minimum atomic E-state index is -0.375. The van der Waals surface area contributed by atoms with Crippen molar-refractivity contribution < 1.29 is 23.8 Å². The Labute approximate surface area is 108 Å². The van der Waals surface area contributed by atoms with Crippen LogP contribution in [0.5, 0.6) is 5.75 Å². The van der Waals surface area contributed by atoms with Gasteiger partial charge < -0.3 is 14.2 Å². The van der Waals surface area contributed by atoms with Gasteiger partial charge in [0.05, 0.1) is 25.0 Å². The molecule has 6 nitrogen and oxygen atoms in total. The fraction of sp³-hybridized carbons (Fsp3) is 0.455. The number of nitrogens with zero attached hydrogens (tertiary/aromatic N) is 1. The predicted octanol–water partition coefficient (Wildman–Crippen LogP) is 1.25. The van der Waals surface area contributed by atoms with E-state index in [-0.39, 0.29) is 25.2 Å². The van der Waals surface area contributed by atoms with E-state index in [2.05, 4.69) is 4.74 Å². The lowest BCUT2D eigenvalue weighted by atomic mass is 10.3. The quantitative estimate of drug-likeness (QED) is 0.754. The number of hydrogen-bond donors (Lipinski definition) is 0. The molecule has 1 amide bonds. The van der Waals surface area contributed by atoms with Gasteiger partial charge in [0.2, 0.25) is 0 Å². The maximum Gasteiger partial charge on any atom is 0.412 e. The van der Waals surface area contributed by atoms with E-state index < -0.39 is 0 Å². The summed E-state index contributed by atoms with van der Waals surface area (Å²) in [4.78, 5) is 24.6. The van der Waals surface area contributed by atoms with Gasteiger partial charge >= 0.3 is 12.1 Å². The zero-order chi connectivity index (χ0) is 13.0. The lowest BCUT2D eigenvalue weighted by molar-refractivity contribution is -0.139. The van der Waals surface area contributed by atoms with Crippen LogP contribution in [0.4, 0.5) is 4.79 Å². The molecule has 0 bridgehead atoms. The molecule has 0 aromatic carbocycles. The van der Waals surface area contributed by atoms with Crippen molar-refractivity contribution in [3.05, 3.63) is 16.3 Å². The van der Waals surface area contributed by atoms with Crippen molar-refractivity contribution in [1.82, 2.24) is 4.90 Å². The van der Waals surface area contributed by atoms with E-state index in [1.54, 1.807) is 6.07 Å². The molecule has 2 rings (SSSR count). The Balaban J connectivity index is 1.91. The van der Waals surface area contributed by atoms with Gasteiger partial charge in [-0.25, -0.2) is 4.79 Å². The van der Waals surface area contributed by atoms with Gasteiger partial charge in [-0.15, -0.1) is 11.3 Å². The monoisotopic (exact) mass is 271 g/mol. The Hall–Kier alpha value is -1.76. The molecule has 18 heavy (non-hydrogen) atoms. The molecule has 2 heterocycles. The first-order valence-corrected chi connectivity index (χ1v) is 6.26. The molecule has 0 spiro atoms. The van der Waals surface area contributed by atoms with Gasteiger partial charge in [-0.2, -0.15) is 0 Å². The van der Waals surface area contributed by atoms with Crippen molar-refractivity contribution in [3.8, 4) is 5.75 Å². The van der Waals surface area contributed by atoms with Crippen LogP contribution in [0, 0.1) is 0 Å². The highest BCUT2D eigenvalue weighted by Crippen LogP contribution is 2.26. The number of hydrogen-bond acceptors (Lipinski definition) is 6. The van der Waals surface area contributed by atoms with E-state index in [1.165, 1.54) is 23.3 Å². The first kappa shape index (κ1) is 12.7. The van der Waals surface area contributed by atoms with Crippen LogP contribution >= 0.6 is 11.3 Å². The summed E-state index contributed by atoms with van der Waals surface area (Å²) < 4.78 is 14.9. The van der Waals surface area contributed by atoms with Gasteiger partial charge in [0.15, 0.2) is 6.73 Å². The second-order valence-corrected chi connectivity index (χ2v) is 4.61. The summed E-state index contributed by atoms with van der Waals surface area (Å²) in [7, 11) is 1.34. The average molecular weight is 271 g/mol. The topological polar surface area (TPSA) is 65.1 Å². The molecule has 1 aliphatic heterocycles. The summed E-state index contributed by atoms with van der Waals surface area (Å²) in [6.07, 6.45) is -0.201. The predicted molar refractivity (Wildman–Crippen MR) is 63.6 cm³/mol. The van der Waals surface area contributed by atoms with E-state index in [0.717, 1.165) is 4.88 Å². The normalized spacial score (nSPS) is 14.5. The van der Waals surface area contributed by atoms with Crippen molar-refractivity contribution in [2.45, 2.75) is 6.42 Å². The first-order chi connectivity index (χ1) is 8.70. The molecule has 0 aliphatic carbocycles. The van der Waals surface area contributed by atoms with Crippen LogP contribution in [0.25, 0.3) is 0 Å². The maximum atomic E-state index is 11.2. The highest BCUT2D eigenvalue weighted by molar-refractivity contribution is 7.10. The smallest absolute Gasteiger partial charge is 0.412 e. The maximum absolute atomic E-state index is 11.2. The standard InChI is InChI=1S/C11H13NO5S/c1-15-10(13)6-9-8(2-5-18-9)17-7-12-3-4-16-11(12)14/h2,5H,3-4,6-7H2,1H3. The Kier molecular flexibility index (Phi) is 4.03. The van der Waals surface area contributed by atoms with E-state index in [9.17, 15) is 9.59 Å². The van der Waals surface area contributed by atoms with Crippen LogP contribution in [0.1, 0.15) is 4.88 Å². The van der Waals surface area contributed by atoms with Crippen molar-refractivity contribution in [3.63, 3.8) is 0 Å². The van der Waals surface area contributed by atoms with E-state index >= 15 is 0 Å². The SMILES string of the molecule is COC(=O)Cc1sccc1OCN1CCOC1=O. The van der Waals surface area contributed by atoms with Crippen molar-refractivity contribution in [1.29, 1.82) is 0 Å². The number of ether oxygens (including phenoxy) is 3. The molecule has 7 heteroatoms. The fourth-order valence-corrected chi connectivity index (χ4v) is 2.28. The molecule has 1 aliphatic rings. The molecule has 1 saturated heterocycles. The van der Waals surface area contributed by atoms with Crippen LogP contribution < -0.4 is 4.74 Å². The Morgan fingerprint density at radius 1 is 1.61 bits per heavy atom. The minimum Gasteiger partial charge on any atom is -0.472 e. The summed E-state index contributed by atoms with van der Waals surface area (Å²) in [6.45, 7) is 1.04. The van der Waals surface area contributed by atoms with Gasteiger partial charge in [-0.1, -0.05) is 0 Å². The van der Waals surface area contributed by atoms with Gasteiger partial charge in [-0.05, 0) is 11.4 Å². The third kappa shape index (κ3) is 2.92. The minimum absolute atomic E-state index is 0.129. The number of thiophene rings is 1. The lowest BCUT2D eigenvalue weighted by Gasteiger charge is -2.13. The number of carbonyl (C=O) groups is 2. The van der Waals surface area contributed by atoms with Crippen LogP contribution in [-0.2, 0) is 20.7 Å². The fourth-order valence-electron chi connectivity index (χ4n) is 1.48. The van der Waals surface area contributed by atoms with Crippen molar-refractivity contribution in [2.75, 3.05) is 27.0 Å². The zero-order valence-electron chi connectivity index (χ0n) is 9.88. The molecule has 1 aromatic heterocycles. The lowest BCUT2D eigenvalue weighted by Crippen LogP contribution is -2.28. The van der Waals surface area contributed by atoms with Crippen molar-refractivity contribution >= 4 is 23.4 Å². The summed E-state index contributed by atoms with van der Waals surface area (Å²) in [6, 6.07) is 1.77. The van der Waals surface area contributed by atoms with Crippen LogP contribution in [0.2, 0.25) is 0 Å². The molecular weight excluding hydrogens is 258 g/mol. The third-order valence-corrected chi connectivity index (χ3v) is 3.36. The summed E-state index contributed by atoms with van der Waals surface area (Å²) >= 11 is 1.42.